The first kappa shape index (κ1) is 14.2. The summed E-state index contributed by atoms with van der Waals surface area (Å²) < 4.78 is 0. The van der Waals surface area contributed by atoms with Crippen molar-refractivity contribution in [2.24, 2.45) is 5.73 Å². The zero-order chi connectivity index (χ0) is 13.5. The lowest BCUT2D eigenvalue weighted by Gasteiger charge is -2.07. The number of unbranched alkanes of at least 4 members (excludes halogenated alkanes) is 1. The summed E-state index contributed by atoms with van der Waals surface area (Å²) in [6.07, 6.45) is 3.41. The van der Waals surface area contributed by atoms with Crippen LogP contribution in [0, 0.1) is 6.92 Å². The Morgan fingerprint density at radius 3 is 2.94 bits per heavy atom. The molecule has 0 aliphatic heterocycles. The van der Waals surface area contributed by atoms with Gasteiger partial charge in [-0.3, -0.25) is 14.6 Å². The van der Waals surface area contributed by atoms with E-state index in [2.05, 4.69) is 15.3 Å². The van der Waals surface area contributed by atoms with Gasteiger partial charge in [0.15, 0.2) is 0 Å². The molecular weight excluding hydrogens is 236 g/mol. The van der Waals surface area contributed by atoms with E-state index in [4.69, 9.17) is 10.8 Å². The molecule has 7 heteroatoms. The molecule has 0 saturated heterocycles. The van der Waals surface area contributed by atoms with E-state index < -0.39 is 12.0 Å². The Morgan fingerprint density at radius 2 is 2.33 bits per heavy atom. The van der Waals surface area contributed by atoms with E-state index in [1.54, 1.807) is 6.92 Å². The van der Waals surface area contributed by atoms with E-state index in [1.807, 2.05) is 0 Å². The standard InChI is InChI=1S/C11H18N4O3/c1-7-6-14-11(15-9(7)16)13-5-3-2-4-8(12)10(17)18/h6,8H,2-5,12H2,1H3,(H,17,18)(H2,13,14,15,16). The molecular formula is C11H18N4O3. The third-order valence-electron chi connectivity index (χ3n) is 2.53. The fraction of sp³-hybridized carbons (Fsp3) is 0.545. The van der Waals surface area contributed by atoms with Gasteiger partial charge in [-0.05, 0) is 26.2 Å². The molecule has 0 saturated carbocycles. The lowest BCUT2D eigenvalue weighted by atomic mass is 10.1. The average molecular weight is 254 g/mol. The Morgan fingerprint density at radius 1 is 1.61 bits per heavy atom. The van der Waals surface area contributed by atoms with Gasteiger partial charge >= 0.3 is 5.97 Å². The molecule has 1 heterocycles. The Hall–Kier alpha value is -1.89. The molecule has 0 aromatic carbocycles. The molecule has 0 aliphatic carbocycles. The van der Waals surface area contributed by atoms with Crippen molar-refractivity contribution in [2.75, 3.05) is 11.9 Å². The number of aromatic amines is 1. The smallest absolute Gasteiger partial charge is 0.320 e. The highest BCUT2D eigenvalue weighted by molar-refractivity contribution is 5.72. The van der Waals surface area contributed by atoms with Crippen LogP contribution in [-0.4, -0.2) is 33.6 Å². The molecule has 0 aliphatic rings. The quantitative estimate of drug-likeness (QED) is 0.511. The number of carbonyl (C=O) groups is 1. The summed E-state index contributed by atoms with van der Waals surface area (Å²) in [5, 5.41) is 11.5. The molecule has 7 nitrogen and oxygen atoms in total. The summed E-state index contributed by atoms with van der Waals surface area (Å²) in [7, 11) is 0. The minimum Gasteiger partial charge on any atom is -0.480 e. The lowest BCUT2D eigenvalue weighted by molar-refractivity contribution is -0.138. The molecule has 0 bridgehead atoms. The first-order valence-electron chi connectivity index (χ1n) is 5.79. The normalized spacial score (nSPS) is 12.1. The number of hydrogen-bond donors (Lipinski definition) is 4. The predicted molar refractivity (Wildman–Crippen MR) is 67.5 cm³/mol. The van der Waals surface area contributed by atoms with Crippen LogP contribution in [0.5, 0.6) is 0 Å². The molecule has 18 heavy (non-hydrogen) atoms. The van der Waals surface area contributed by atoms with Crippen LogP contribution in [0.4, 0.5) is 5.95 Å². The maximum Gasteiger partial charge on any atom is 0.320 e. The highest BCUT2D eigenvalue weighted by Gasteiger charge is 2.09. The molecule has 1 aromatic heterocycles. The number of anilines is 1. The molecule has 0 radical (unpaired) electrons. The van der Waals surface area contributed by atoms with Crippen LogP contribution >= 0.6 is 0 Å². The number of aromatic nitrogens is 2. The van der Waals surface area contributed by atoms with Crippen molar-refractivity contribution in [1.29, 1.82) is 0 Å². The zero-order valence-electron chi connectivity index (χ0n) is 10.3. The van der Waals surface area contributed by atoms with Crippen molar-refractivity contribution < 1.29 is 9.90 Å². The van der Waals surface area contributed by atoms with Gasteiger partial charge in [-0.2, -0.15) is 0 Å². The Kier molecular flexibility index (Phi) is 5.31. The highest BCUT2D eigenvalue weighted by Crippen LogP contribution is 2.00. The second kappa shape index (κ2) is 6.75. The van der Waals surface area contributed by atoms with Crippen LogP contribution in [-0.2, 0) is 4.79 Å². The summed E-state index contributed by atoms with van der Waals surface area (Å²) in [4.78, 5) is 28.4. The first-order chi connectivity index (χ1) is 8.50. The number of nitrogens with two attached hydrogens (primary N) is 1. The third kappa shape index (κ3) is 4.54. The molecule has 1 atom stereocenters. The van der Waals surface area contributed by atoms with Gasteiger partial charge in [0.1, 0.15) is 6.04 Å². The van der Waals surface area contributed by atoms with Gasteiger partial charge in [0, 0.05) is 18.3 Å². The lowest BCUT2D eigenvalue weighted by Crippen LogP contribution is -2.29. The maximum atomic E-state index is 11.3. The number of rotatable bonds is 7. The van der Waals surface area contributed by atoms with Crippen LogP contribution in [0.1, 0.15) is 24.8 Å². The van der Waals surface area contributed by atoms with E-state index in [1.165, 1.54) is 6.20 Å². The molecule has 100 valence electrons. The first-order valence-corrected chi connectivity index (χ1v) is 5.79. The minimum atomic E-state index is -0.979. The molecule has 5 N–H and O–H groups in total. The summed E-state index contributed by atoms with van der Waals surface area (Å²) >= 11 is 0. The molecule has 0 spiro atoms. The minimum absolute atomic E-state index is 0.166. The second-order valence-corrected chi connectivity index (χ2v) is 4.11. The van der Waals surface area contributed by atoms with E-state index in [0.29, 0.717) is 30.9 Å². The Labute approximate surface area is 104 Å². The van der Waals surface area contributed by atoms with E-state index in [9.17, 15) is 9.59 Å². The van der Waals surface area contributed by atoms with Gasteiger partial charge in [0.25, 0.3) is 5.56 Å². The number of aryl methyl sites for hydroxylation is 1. The van der Waals surface area contributed by atoms with Gasteiger partial charge in [-0.25, -0.2) is 4.98 Å². The summed E-state index contributed by atoms with van der Waals surface area (Å²) in [5.74, 6) is -0.555. The van der Waals surface area contributed by atoms with Gasteiger partial charge in [-0.1, -0.05) is 0 Å². The van der Waals surface area contributed by atoms with Crippen LogP contribution < -0.4 is 16.6 Å². The average Bonchev–Trinajstić information content (AvgIpc) is 2.32. The van der Waals surface area contributed by atoms with Gasteiger partial charge in [0.05, 0.1) is 0 Å². The van der Waals surface area contributed by atoms with Crippen molar-refractivity contribution >= 4 is 11.9 Å². The fourth-order valence-electron chi connectivity index (χ4n) is 1.37. The molecule has 1 unspecified atom stereocenters. The molecule has 1 aromatic rings. The Bertz CT molecular complexity index is 458. The van der Waals surface area contributed by atoms with Crippen LogP contribution in [0.25, 0.3) is 0 Å². The van der Waals surface area contributed by atoms with Crippen molar-refractivity contribution in [3.05, 3.63) is 22.1 Å². The van der Waals surface area contributed by atoms with E-state index in [0.717, 1.165) is 6.42 Å². The number of carboxylic acid groups (broad SMARTS) is 1. The van der Waals surface area contributed by atoms with Crippen LogP contribution in [0.15, 0.2) is 11.0 Å². The topological polar surface area (TPSA) is 121 Å². The monoisotopic (exact) mass is 254 g/mol. The number of carboxylic acids is 1. The second-order valence-electron chi connectivity index (χ2n) is 4.11. The van der Waals surface area contributed by atoms with Crippen LogP contribution in [0.2, 0.25) is 0 Å². The maximum absolute atomic E-state index is 11.3. The van der Waals surface area contributed by atoms with Gasteiger partial charge < -0.3 is 16.2 Å². The van der Waals surface area contributed by atoms with Crippen LogP contribution in [0.3, 0.4) is 0 Å². The number of nitrogens with zero attached hydrogens (tertiary/aromatic N) is 1. The summed E-state index contributed by atoms with van der Waals surface area (Å²) in [6, 6.07) is -0.803. The number of hydrogen-bond acceptors (Lipinski definition) is 5. The fourth-order valence-corrected chi connectivity index (χ4v) is 1.37. The van der Waals surface area contributed by atoms with Crippen molar-refractivity contribution in [3.8, 4) is 0 Å². The third-order valence-corrected chi connectivity index (χ3v) is 2.53. The van der Waals surface area contributed by atoms with E-state index >= 15 is 0 Å². The number of aliphatic carboxylic acids is 1. The number of nitrogens with one attached hydrogen (secondary N) is 2. The summed E-state index contributed by atoms with van der Waals surface area (Å²) in [5.41, 5.74) is 5.76. The molecule has 0 amide bonds. The largest absolute Gasteiger partial charge is 0.480 e. The van der Waals surface area contributed by atoms with Crippen molar-refractivity contribution in [1.82, 2.24) is 9.97 Å². The predicted octanol–water partition coefficient (Wildman–Crippen LogP) is 0.0724. The van der Waals surface area contributed by atoms with Crippen molar-refractivity contribution in [2.45, 2.75) is 32.2 Å². The zero-order valence-corrected chi connectivity index (χ0v) is 10.3. The summed E-state index contributed by atoms with van der Waals surface area (Å²) in [6.45, 7) is 2.29. The Balaban J connectivity index is 2.24. The number of H-pyrrole nitrogens is 1. The van der Waals surface area contributed by atoms with Gasteiger partial charge in [-0.15, -0.1) is 0 Å². The highest BCUT2D eigenvalue weighted by atomic mass is 16.4. The molecule has 0 fully saturated rings. The SMILES string of the molecule is Cc1cnc(NCCCCC(N)C(=O)O)[nH]c1=O. The van der Waals surface area contributed by atoms with Crippen molar-refractivity contribution in [3.63, 3.8) is 0 Å². The van der Waals surface area contributed by atoms with Gasteiger partial charge in [0.2, 0.25) is 5.95 Å². The van der Waals surface area contributed by atoms with E-state index in [-0.39, 0.29) is 5.56 Å². The molecule has 1 rings (SSSR count).